The Balaban J connectivity index is 2.10. The molecular formula is C13H12ClFN2O. The second-order valence-corrected chi connectivity index (χ2v) is 4.13. The summed E-state index contributed by atoms with van der Waals surface area (Å²) in [5, 5.41) is 0.0635. The van der Waals surface area contributed by atoms with E-state index < -0.39 is 5.82 Å². The molecule has 0 fully saturated rings. The van der Waals surface area contributed by atoms with Crippen molar-refractivity contribution < 1.29 is 9.13 Å². The summed E-state index contributed by atoms with van der Waals surface area (Å²) in [4.78, 5) is 4.11. The summed E-state index contributed by atoms with van der Waals surface area (Å²) in [5.41, 5.74) is 6.47. The van der Waals surface area contributed by atoms with Crippen LogP contribution in [-0.2, 0) is 6.42 Å². The second-order valence-electron chi connectivity index (χ2n) is 3.72. The Kier molecular flexibility index (Phi) is 4.12. The van der Waals surface area contributed by atoms with Crippen molar-refractivity contribution in [3.8, 4) is 11.6 Å². The van der Waals surface area contributed by atoms with Crippen LogP contribution in [0.5, 0.6) is 11.6 Å². The first-order valence-corrected chi connectivity index (χ1v) is 5.85. The van der Waals surface area contributed by atoms with Crippen LogP contribution >= 0.6 is 11.6 Å². The van der Waals surface area contributed by atoms with Gasteiger partial charge in [0.05, 0.1) is 5.02 Å². The van der Waals surface area contributed by atoms with Crippen molar-refractivity contribution in [3.05, 3.63) is 52.9 Å². The molecule has 3 nitrogen and oxygen atoms in total. The highest BCUT2D eigenvalue weighted by molar-refractivity contribution is 6.30. The highest BCUT2D eigenvalue weighted by Gasteiger charge is 2.04. The lowest BCUT2D eigenvalue weighted by Gasteiger charge is -2.06. The minimum absolute atomic E-state index is 0.0635. The van der Waals surface area contributed by atoms with Gasteiger partial charge in [0, 0.05) is 18.3 Å². The lowest BCUT2D eigenvalue weighted by atomic mass is 10.2. The molecule has 18 heavy (non-hydrogen) atoms. The van der Waals surface area contributed by atoms with Gasteiger partial charge in [-0.25, -0.2) is 9.37 Å². The molecule has 0 amide bonds. The Morgan fingerprint density at radius 3 is 2.72 bits per heavy atom. The van der Waals surface area contributed by atoms with Crippen molar-refractivity contribution >= 4 is 11.6 Å². The molecule has 0 spiro atoms. The molecule has 2 aromatic rings. The minimum atomic E-state index is -0.520. The number of hydrogen-bond acceptors (Lipinski definition) is 3. The third-order valence-corrected chi connectivity index (χ3v) is 2.65. The number of hydrogen-bond donors (Lipinski definition) is 1. The van der Waals surface area contributed by atoms with E-state index in [2.05, 4.69) is 4.98 Å². The van der Waals surface area contributed by atoms with Crippen molar-refractivity contribution in [1.29, 1.82) is 0 Å². The van der Waals surface area contributed by atoms with Gasteiger partial charge in [-0.2, -0.15) is 0 Å². The van der Waals surface area contributed by atoms with E-state index >= 15 is 0 Å². The topological polar surface area (TPSA) is 48.1 Å². The summed E-state index contributed by atoms with van der Waals surface area (Å²) in [6.45, 7) is 0.574. The molecule has 0 unspecified atom stereocenters. The van der Waals surface area contributed by atoms with Gasteiger partial charge in [0.1, 0.15) is 11.6 Å². The predicted molar refractivity (Wildman–Crippen MR) is 68.5 cm³/mol. The molecule has 94 valence electrons. The number of aromatic nitrogens is 1. The van der Waals surface area contributed by atoms with Crippen molar-refractivity contribution in [2.24, 2.45) is 5.73 Å². The maximum atomic E-state index is 13.2. The SMILES string of the molecule is NCCc1ccc(Oc2ccc(Cl)c(F)c2)nc1. The summed E-state index contributed by atoms with van der Waals surface area (Å²) in [6.07, 6.45) is 2.46. The van der Waals surface area contributed by atoms with Gasteiger partial charge >= 0.3 is 0 Å². The van der Waals surface area contributed by atoms with Crippen molar-refractivity contribution in [2.45, 2.75) is 6.42 Å². The van der Waals surface area contributed by atoms with Crippen LogP contribution in [0.4, 0.5) is 4.39 Å². The zero-order valence-corrected chi connectivity index (χ0v) is 10.3. The highest BCUT2D eigenvalue weighted by atomic mass is 35.5. The Morgan fingerprint density at radius 2 is 2.11 bits per heavy atom. The zero-order chi connectivity index (χ0) is 13.0. The number of halogens is 2. The Hall–Kier alpha value is -1.65. The van der Waals surface area contributed by atoms with Crippen molar-refractivity contribution in [1.82, 2.24) is 4.98 Å². The van der Waals surface area contributed by atoms with E-state index in [0.717, 1.165) is 12.0 Å². The largest absolute Gasteiger partial charge is 0.439 e. The van der Waals surface area contributed by atoms with E-state index in [1.807, 2.05) is 6.07 Å². The fraction of sp³-hybridized carbons (Fsp3) is 0.154. The second kappa shape index (κ2) is 5.80. The van der Waals surface area contributed by atoms with Gasteiger partial charge in [-0.3, -0.25) is 0 Å². The predicted octanol–water partition coefficient (Wildman–Crippen LogP) is 3.17. The van der Waals surface area contributed by atoms with Crippen LogP contribution in [-0.4, -0.2) is 11.5 Å². The first-order valence-electron chi connectivity index (χ1n) is 5.47. The van der Waals surface area contributed by atoms with Crippen LogP contribution in [0.1, 0.15) is 5.56 Å². The van der Waals surface area contributed by atoms with Gasteiger partial charge in [-0.05, 0) is 30.7 Å². The van der Waals surface area contributed by atoms with Gasteiger partial charge in [-0.15, -0.1) is 0 Å². The van der Waals surface area contributed by atoms with E-state index in [9.17, 15) is 4.39 Å². The number of nitrogens with two attached hydrogens (primary N) is 1. The quantitative estimate of drug-likeness (QED) is 0.925. The normalized spacial score (nSPS) is 10.4. The number of ether oxygens (including phenoxy) is 1. The fourth-order valence-electron chi connectivity index (χ4n) is 1.45. The van der Waals surface area contributed by atoms with Crippen molar-refractivity contribution in [2.75, 3.05) is 6.54 Å². The average molecular weight is 267 g/mol. The maximum Gasteiger partial charge on any atom is 0.219 e. The molecule has 0 aliphatic rings. The van der Waals surface area contributed by atoms with Crippen LogP contribution in [0.3, 0.4) is 0 Å². The molecule has 0 saturated heterocycles. The van der Waals surface area contributed by atoms with Crippen LogP contribution in [0.2, 0.25) is 5.02 Å². The molecule has 0 aliphatic heterocycles. The first-order chi connectivity index (χ1) is 8.69. The Labute approximate surface area is 109 Å². The molecule has 0 saturated carbocycles. The molecule has 0 atom stereocenters. The summed E-state index contributed by atoms with van der Waals surface area (Å²) in [6, 6.07) is 7.84. The van der Waals surface area contributed by atoms with Gasteiger partial charge in [-0.1, -0.05) is 17.7 Å². The van der Waals surface area contributed by atoms with Gasteiger partial charge in [0.2, 0.25) is 5.88 Å². The third kappa shape index (κ3) is 3.18. The van der Waals surface area contributed by atoms with Crippen LogP contribution in [0, 0.1) is 5.82 Å². The average Bonchev–Trinajstić information content (AvgIpc) is 2.37. The summed E-state index contributed by atoms with van der Waals surface area (Å²) in [5.74, 6) is 0.238. The lowest BCUT2D eigenvalue weighted by Crippen LogP contribution is -2.02. The maximum absolute atomic E-state index is 13.2. The molecule has 0 aliphatic carbocycles. The molecular weight excluding hydrogens is 255 g/mol. The highest BCUT2D eigenvalue weighted by Crippen LogP contribution is 2.24. The van der Waals surface area contributed by atoms with Gasteiger partial charge < -0.3 is 10.5 Å². The standard InChI is InChI=1S/C13H12ClFN2O/c14-11-3-2-10(7-12(11)15)18-13-4-1-9(5-6-16)8-17-13/h1-4,7-8H,5-6,16H2. The number of nitrogens with zero attached hydrogens (tertiary/aromatic N) is 1. The summed E-state index contributed by atoms with van der Waals surface area (Å²) >= 11 is 5.58. The zero-order valence-electron chi connectivity index (χ0n) is 9.57. The fourth-order valence-corrected chi connectivity index (χ4v) is 1.56. The molecule has 1 aromatic carbocycles. The Bertz CT molecular complexity index is 531. The third-order valence-electron chi connectivity index (χ3n) is 2.34. The first kappa shape index (κ1) is 12.8. The van der Waals surface area contributed by atoms with E-state index in [4.69, 9.17) is 22.1 Å². The minimum Gasteiger partial charge on any atom is -0.439 e. The van der Waals surface area contributed by atoms with Crippen LogP contribution in [0.15, 0.2) is 36.5 Å². The summed E-state index contributed by atoms with van der Waals surface area (Å²) < 4.78 is 18.6. The van der Waals surface area contributed by atoms with Crippen LogP contribution < -0.4 is 10.5 Å². The number of benzene rings is 1. The number of rotatable bonds is 4. The van der Waals surface area contributed by atoms with Gasteiger partial charge in [0.25, 0.3) is 0 Å². The van der Waals surface area contributed by atoms with E-state index in [1.54, 1.807) is 18.3 Å². The summed E-state index contributed by atoms with van der Waals surface area (Å²) in [7, 11) is 0. The number of pyridine rings is 1. The molecule has 0 radical (unpaired) electrons. The molecule has 2 rings (SSSR count). The van der Waals surface area contributed by atoms with E-state index in [1.165, 1.54) is 12.1 Å². The molecule has 1 heterocycles. The van der Waals surface area contributed by atoms with E-state index in [0.29, 0.717) is 18.2 Å². The molecule has 1 aromatic heterocycles. The van der Waals surface area contributed by atoms with Crippen molar-refractivity contribution in [3.63, 3.8) is 0 Å². The molecule has 0 bridgehead atoms. The monoisotopic (exact) mass is 266 g/mol. The van der Waals surface area contributed by atoms with Gasteiger partial charge in [0.15, 0.2) is 0 Å². The smallest absolute Gasteiger partial charge is 0.219 e. The molecule has 2 N–H and O–H groups in total. The lowest BCUT2D eigenvalue weighted by molar-refractivity contribution is 0.458. The van der Waals surface area contributed by atoms with E-state index in [-0.39, 0.29) is 5.02 Å². The molecule has 5 heteroatoms. The Morgan fingerprint density at radius 1 is 1.28 bits per heavy atom. The van der Waals surface area contributed by atoms with Crippen LogP contribution in [0.25, 0.3) is 0 Å².